The molecule has 2 rings (SSSR count). The maximum atomic E-state index is 4.79. The Morgan fingerprint density at radius 2 is 1.81 bits per heavy atom. The molecule has 0 bridgehead atoms. The number of aromatic nitrogens is 1. The molecule has 21 heavy (non-hydrogen) atoms. The molecule has 0 fully saturated rings. The highest BCUT2D eigenvalue weighted by atomic mass is 127. The summed E-state index contributed by atoms with van der Waals surface area (Å²) in [6, 6.07) is 0. The Bertz CT molecular complexity index is 435. The summed E-state index contributed by atoms with van der Waals surface area (Å²) in [6.07, 6.45) is 7.24. The van der Waals surface area contributed by atoms with Crippen LogP contribution in [0.2, 0.25) is 0 Å². The molecule has 1 aliphatic rings. The largest absolute Gasteiger partial charge is 0.349 e. The Kier molecular flexibility index (Phi) is 7.94. The lowest BCUT2D eigenvalue weighted by atomic mass is 10.0. The van der Waals surface area contributed by atoms with Gasteiger partial charge >= 0.3 is 0 Å². The summed E-state index contributed by atoms with van der Waals surface area (Å²) in [7, 11) is 8.14. The smallest absolute Gasteiger partial charge is 0.195 e. The fourth-order valence-electron chi connectivity index (χ4n) is 2.60. The molecule has 0 N–H and O–H groups in total. The third-order valence-corrected chi connectivity index (χ3v) is 4.71. The van der Waals surface area contributed by atoms with Crippen molar-refractivity contribution >= 4 is 41.3 Å². The molecule has 0 saturated carbocycles. The van der Waals surface area contributed by atoms with Crippen LogP contribution in [-0.4, -0.2) is 55.5 Å². The summed E-state index contributed by atoms with van der Waals surface area (Å²) in [6.45, 7) is 0.871. The van der Waals surface area contributed by atoms with Crippen molar-refractivity contribution in [1.82, 2.24) is 14.8 Å². The average Bonchev–Trinajstić information content (AvgIpc) is 2.80. The number of thiazole rings is 1. The summed E-state index contributed by atoms with van der Waals surface area (Å²) < 4.78 is 0. The minimum Gasteiger partial charge on any atom is -0.349 e. The standard InChI is InChI=1S/C15H26N4S.HI/c1-18(2)15(19(3)4)16-11-7-10-14-17-12-8-5-6-9-13(12)20-14;/h5-11H2,1-4H3;1H. The Balaban J connectivity index is 0.00000220. The summed E-state index contributed by atoms with van der Waals surface area (Å²) in [5.74, 6) is 1.03. The van der Waals surface area contributed by atoms with E-state index < -0.39 is 0 Å². The van der Waals surface area contributed by atoms with Crippen LogP contribution in [0.25, 0.3) is 0 Å². The fourth-order valence-corrected chi connectivity index (χ4v) is 3.80. The Morgan fingerprint density at radius 3 is 2.43 bits per heavy atom. The first-order chi connectivity index (χ1) is 9.58. The van der Waals surface area contributed by atoms with Gasteiger partial charge in [-0.3, -0.25) is 4.99 Å². The van der Waals surface area contributed by atoms with Gasteiger partial charge in [-0.05, 0) is 32.1 Å². The molecular formula is C15H27IN4S. The predicted octanol–water partition coefficient (Wildman–Crippen LogP) is 3.05. The average molecular weight is 422 g/mol. The monoisotopic (exact) mass is 422 g/mol. The van der Waals surface area contributed by atoms with Crippen LogP contribution in [0, 0.1) is 0 Å². The lowest BCUT2D eigenvalue weighted by Gasteiger charge is -2.22. The predicted molar refractivity (Wildman–Crippen MR) is 102 cm³/mol. The molecule has 0 aromatic carbocycles. The lowest BCUT2D eigenvalue weighted by Crippen LogP contribution is -2.35. The molecule has 0 spiro atoms. The number of aliphatic imine (C=N–C) groups is 1. The normalized spacial score (nSPS) is 13.1. The van der Waals surface area contributed by atoms with Crippen molar-refractivity contribution in [3.05, 3.63) is 15.6 Å². The quantitative estimate of drug-likeness (QED) is 0.324. The topological polar surface area (TPSA) is 31.7 Å². The van der Waals surface area contributed by atoms with E-state index in [1.807, 2.05) is 39.5 Å². The van der Waals surface area contributed by atoms with Crippen molar-refractivity contribution in [2.45, 2.75) is 38.5 Å². The van der Waals surface area contributed by atoms with Gasteiger partial charge in [-0.2, -0.15) is 0 Å². The molecule has 0 atom stereocenters. The molecule has 1 aromatic heterocycles. The second-order valence-electron chi connectivity index (χ2n) is 5.76. The molecule has 0 radical (unpaired) electrons. The van der Waals surface area contributed by atoms with Crippen LogP contribution in [0.5, 0.6) is 0 Å². The van der Waals surface area contributed by atoms with Gasteiger partial charge in [0.2, 0.25) is 0 Å². The summed E-state index contributed by atoms with van der Waals surface area (Å²) in [5.41, 5.74) is 1.38. The van der Waals surface area contributed by atoms with Gasteiger partial charge in [0, 0.05) is 46.0 Å². The molecular weight excluding hydrogens is 395 g/mol. The van der Waals surface area contributed by atoms with Crippen LogP contribution in [0.3, 0.4) is 0 Å². The second kappa shape index (κ2) is 8.92. The van der Waals surface area contributed by atoms with E-state index in [2.05, 4.69) is 14.8 Å². The van der Waals surface area contributed by atoms with Crippen LogP contribution < -0.4 is 0 Å². The third kappa shape index (κ3) is 5.39. The molecule has 0 saturated heterocycles. The van der Waals surface area contributed by atoms with Gasteiger partial charge in [0.25, 0.3) is 0 Å². The highest BCUT2D eigenvalue weighted by molar-refractivity contribution is 14.0. The van der Waals surface area contributed by atoms with E-state index in [-0.39, 0.29) is 24.0 Å². The van der Waals surface area contributed by atoms with Crippen LogP contribution in [0.1, 0.15) is 34.8 Å². The van der Waals surface area contributed by atoms with Crippen LogP contribution >= 0.6 is 35.3 Å². The maximum absolute atomic E-state index is 4.79. The van der Waals surface area contributed by atoms with Crippen LogP contribution in [-0.2, 0) is 19.3 Å². The van der Waals surface area contributed by atoms with Gasteiger partial charge in [-0.1, -0.05) is 0 Å². The first-order valence-electron chi connectivity index (χ1n) is 7.44. The Morgan fingerprint density at radius 1 is 1.14 bits per heavy atom. The molecule has 0 amide bonds. The van der Waals surface area contributed by atoms with E-state index in [0.717, 1.165) is 25.3 Å². The van der Waals surface area contributed by atoms with Gasteiger partial charge < -0.3 is 9.80 Å². The van der Waals surface area contributed by atoms with Crippen molar-refractivity contribution in [2.75, 3.05) is 34.7 Å². The zero-order valence-electron chi connectivity index (χ0n) is 13.6. The van der Waals surface area contributed by atoms with Gasteiger partial charge in [0.15, 0.2) is 5.96 Å². The molecule has 1 aliphatic carbocycles. The fraction of sp³-hybridized carbons (Fsp3) is 0.733. The SMILES string of the molecule is CN(C)C(=NCCCc1nc2c(s1)CCCC2)N(C)C.I. The second-order valence-corrected chi connectivity index (χ2v) is 6.93. The molecule has 0 aliphatic heterocycles. The highest BCUT2D eigenvalue weighted by Gasteiger charge is 2.14. The number of halogens is 1. The van der Waals surface area contributed by atoms with Gasteiger partial charge in [0.05, 0.1) is 10.7 Å². The first kappa shape index (κ1) is 18.7. The van der Waals surface area contributed by atoms with E-state index >= 15 is 0 Å². The maximum Gasteiger partial charge on any atom is 0.195 e. The molecule has 6 heteroatoms. The van der Waals surface area contributed by atoms with Crippen molar-refractivity contribution in [2.24, 2.45) is 4.99 Å². The van der Waals surface area contributed by atoms with Crippen molar-refractivity contribution < 1.29 is 0 Å². The molecule has 1 heterocycles. The van der Waals surface area contributed by atoms with Crippen molar-refractivity contribution in [3.8, 4) is 0 Å². The van der Waals surface area contributed by atoms with Crippen LogP contribution in [0.4, 0.5) is 0 Å². The highest BCUT2D eigenvalue weighted by Crippen LogP contribution is 2.27. The molecule has 120 valence electrons. The number of rotatable bonds is 4. The van der Waals surface area contributed by atoms with Crippen molar-refractivity contribution in [3.63, 3.8) is 0 Å². The number of guanidine groups is 1. The zero-order valence-corrected chi connectivity index (χ0v) is 16.7. The number of fused-ring (bicyclic) bond motifs is 1. The number of aryl methyl sites for hydroxylation is 3. The Labute approximate surface area is 149 Å². The van der Waals surface area contributed by atoms with E-state index in [0.29, 0.717) is 0 Å². The van der Waals surface area contributed by atoms with Crippen LogP contribution in [0.15, 0.2) is 4.99 Å². The minimum atomic E-state index is 0. The number of hydrogen-bond acceptors (Lipinski definition) is 3. The van der Waals surface area contributed by atoms with Gasteiger partial charge in [-0.25, -0.2) is 4.98 Å². The summed E-state index contributed by atoms with van der Waals surface area (Å²) >= 11 is 1.93. The number of nitrogens with zero attached hydrogens (tertiary/aromatic N) is 4. The first-order valence-corrected chi connectivity index (χ1v) is 8.26. The molecule has 0 unspecified atom stereocenters. The van der Waals surface area contributed by atoms with E-state index in [4.69, 9.17) is 4.98 Å². The van der Waals surface area contributed by atoms with Gasteiger partial charge in [0.1, 0.15) is 0 Å². The number of hydrogen-bond donors (Lipinski definition) is 0. The summed E-state index contributed by atoms with van der Waals surface area (Å²) in [4.78, 5) is 15.1. The van der Waals surface area contributed by atoms with E-state index in [1.54, 1.807) is 0 Å². The van der Waals surface area contributed by atoms with E-state index in [9.17, 15) is 0 Å². The third-order valence-electron chi connectivity index (χ3n) is 3.49. The van der Waals surface area contributed by atoms with Gasteiger partial charge in [-0.15, -0.1) is 35.3 Å². The molecule has 1 aromatic rings. The summed E-state index contributed by atoms with van der Waals surface area (Å²) in [5, 5.41) is 1.31. The zero-order chi connectivity index (χ0) is 14.5. The van der Waals surface area contributed by atoms with E-state index in [1.165, 1.54) is 41.3 Å². The molecule has 4 nitrogen and oxygen atoms in total. The van der Waals surface area contributed by atoms with Crippen molar-refractivity contribution in [1.29, 1.82) is 0 Å². The minimum absolute atomic E-state index is 0. The Hall–Kier alpha value is -0.370. The lowest BCUT2D eigenvalue weighted by molar-refractivity contribution is 0.479.